The van der Waals surface area contributed by atoms with Crippen LogP contribution in [0.3, 0.4) is 0 Å². The van der Waals surface area contributed by atoms with E-state index in [0.29, 0.717) is 22.7 Å². The molecule has 0 bridgehead atoms. The normalized spacial score (nSPS) is 10.5. The number of hydrogen-bond donors (Lipinski definition) is 1. The van der Waals surface area contributed by atoms with E-state index in [1.54, 1.807) is 29.1 Å². The van der Waals surface area contributed by atoms with E-state index in [-0.39, 0.29) is 5.78 Å². The van der Waals surface area contributed by atoms with E-state index in [2.05, 4.69) is 5.10 Å². The van der Waals surface area contributed by atoms with Crippen LogP contribution in [-0.2, 0) is 13.5 Å². The molecule has 1 aromatic heterocycles. The zero-order chi connectivity index (χ0) is 12.4. The molecule has 0 saturated carbocycles. The molecule has 2 N–H and O–H groups in total. The van der Waals surface area contributed by atoms with Crippen molar-refractivity contribution < 1.29 is 4.79 Å². The summed E-state index contributed by atoms with van der Waals surface area (Å²) in [5, 5.41) is 4.47. The smallest absolute Gasteiger partial charge is 0.167 e. The molecular formula is C12H12ClN3O. The van der Waals surface area contributed by atoms with E-state index in [1.165, 1.54) is 0 Å². The van der Waals surface area contributed by atoms with Gasteiger partial charge in [0.2, 0.25) is 0 Å². The highest BCUT2D eigenvalue weighted by Crippen LogP contribution is 2.20. The molecule has 0 aliphatic carbocycles. The molecule has 0 unspecified atom stereocenters. The van der Waals surface area contributed by atoms with E-state index in [9.17, 15) is 4.79 Å². The SMILES string of the molecule is Cn1cc(CC(=O)c2ccc(Cl)c(N)c2)cn1. The van der Waals surface area contributed by atoms with E-state index in [4.69, 9.17) is 17.3 Å². The number of aryl methyl sites for hydroxylation is 1. The molecule has 0 saturated heterocycles. The van der Waals surface area contributed by atoms with Crippen molar-refractivity contribution in [2.75, 3.05) is 5.73 Å². The third kappa shape index (κ3) is 2.65. The highest BCUT2D eigenvalue weighted by atomic mass is 35.5. The largest absolute Gasteiger partial charge is 0.398 e. The molecule has 88 valence electrons. The van der Waals surface area contributed by atoms with Gasteiger partial charge in [-0.2, -0.15) is 5.10 Å². The van der Waals surface area contributed by atoms with Crippen LogP contribution in [0.4, 0.5) is 5.69 Å². The summed E-state index contributed by atoms with van der Waals surface area (Å²) in [5.74, 6) is 0.00127. The molecule has 1 heterocycles. The first kappa shape index (κ1) is 11.7. The summed E-state index contributed by atoms with van der Waals surface area (Å²) in [5.41, 5.74) is 7.52. The summed E-state index contributed by atoms with van der Waals surface area (Å²) in [6.07, 6.45) is 3.81. The minimum absolute atomic E-state index is 0.00127. The van der Waals surface area contributed by atoms with Gasteiger partial charge in [0, 0.05) is 25.2 Å². The zero-order valence-electron chi connectivity index (χ0n) is 9.35. The van der Waals surface area contributed by atoms with E-state index in [1.807, 2.05) is 13.2 Å². The number of rotatable bonds is 3. The fourth-order valence-corrected chi connectivity index (χ4v) is 1.69. The summed E-state index contributed by atoms with van der Waals surface area (Å²) in [4.78, 5) is 12.0. The van der Waals surface area contributed by atoms with E-state index < -0.39 is 0 Å². The van der Waals surface area contributed by atoms with Crippen LogP contribution >= 0.6 is 11.6 Å². The van der Waals surface area contributed by atoms with Crippen molar-refractivity contribution >= 4 is 23.1 Å². The summed E-state index contributed by atoms with van der Waals surface area (Å²) in [6, 6.07) is 4.91. The predicted molar refractivity (Wildman–Crippen MR) is 67.1 cm³/mol. The number of aromatic nitrogens is 2. The number of ketones is 1. The number of Topliss-reactive ketones (excluding diaryl/α,β-unsaturated/α-hetero) is 1. The Bertz CT molecular complexity index is 563. The minimum Gasteiger partial charge on any atom is -0.398 e. The lowest BCUT2D eigenvalue weighted by atomic mass is 10.0. The van der Waals surface area contributed by atoms with E-state index >= 15 is 0 Å². The number of nitrogen functional groups attached to an aromatic ring is 1. The number of nitrogens with zero attached hydrogens (tertiary/aromatic N) is 2. The van der Waals surface area contributed by atoms with Crippen LogP contribution in [0.15, 0.2) is 30.6 Å². The van der Waals surface area contributed by atoms with Gasteiger partial charge in [-0.15, -0.1) is 0 Å². The van der Waals surface area contributed by atoms with Crippen molar-refractivity contribution in [1.82, 2.24) is 9.78 Å². The minimum atomic E-state index is 0.00127. The Labute approximate surface area is 104 Å². The molecule has 2 aromatic rings. The highest BCUT2D eigenvalue weighted by molar-refractivity contribution is 6.33. The standard InChI is InChI=1S/C12H12ClN3O/c1-16-7-8(6-15-16)4-12(17)9-2-3-10(13)11(14)5-9/h2-3,5-7H,4,14H2,1H3. The van der Waals surface area contributed by atoms with Crippen molar-refractivity contribution in [2.24, 2.45) is 7.05 Å². The van der Waals surface area contributed by atoms with Gasteiger partial charge >= 0.3 is 0 Å². The molecule has 0 spiro atoms. The monoisotopic (exact) mass is 249 g/mol. The predicted octanol–water partition coefficient (Wildman–Crippen LogP) is 2.08. The molecule has 0 fully saturated rings. The van der Waals surface area contributed by atoms with Gasteiger partial charge in [0.05, 0.1) is 16.9 Å². The Morgan fingerprint density at radius 3 is 2.88 bits per heavy atom. The first-order chi connectivity index (χ1) is 8.06. The molecule has 0 amide bonds. The zero-order valence-corrected chi connectivity index (χ0v) is 10.1. The molecule has 0 radical (unpaired) electrons. The molecule has 5 heteroatoms. The maximum atomic E-state index is 12.0. The van der Waals surface area contributed by atoms with Crippen LogP contribution in [0, 0.1) is 0 Å². The Hall–Kier alpha value is -1.81. The Morgan fingerprint density at radius 1 is 1.53 bits per heavy atom. The Kier molecular flexibility index (Phi) is 3.15. The molecule has 0 aliphatic rings. The van der Waals surface area contributed by atoms with Gasteiger partial charge < -0.3 is 5.73 Å². The number of hydrogen-bond acceptors (Lipinski definition) is 3. The average Bonchev–Trinajstić information content (AvgIpc) is 2.68. The Balaban J connectivity index is 2.17. The molecule has 4 nitrogen and oxygen atoms in total. The van der Waals surface area contributed by atoms with Gasteiger partial charge in [-0.1, -0.05) is 11.6 Å². The second kappa shape index (κ2) is 4.59. The summed E-state index contributed by atoms with van der Waals surface area (Å²) in [6.45, 7) is 0. The average molecular weight is 250 g/mol. The second-order valence-electron chi connectivity index (χ2n) is 3.86. The van der Waals surface area contributed by atoms with Gasteiger partial charge in [0.1, 0.15) is 0 Å². The summed E-state index contributed by atoms with van der Waals surface area (Å²) < 4.78 is 1.67. The first-order valence-corrected chi connectivity index (χ1v) is 5.50. The van der Waals surface area contributed by atoms with Crippen molar-refractivity contribution in [2.45, 2.75) is 6.42 Å². The van der Waals surface area contributed by atoms with Crippen LogP contribution in [0.25, 0.3) is 0 Å². The number of benzene rings is 1. The molecule has 17 heavy (non-hydrogen) atoms. The second-order valence-corrected chi connectivity index (χ2v) is 4.27. The van der Waals surface area contributed by atoms with Crippen LogP contribution in [-0.4, -0.2) is 15.6 Å². The lowest BCUT2D eigenvalue weighted by Gasteiger charge is -2.02. The van der Waals surface area contributed by atoms with Crippen LogP contribution in [0.5, 0.6) is 0 Å². The summed E-state index contributed by atoms with van der Waals surface area (Å²) >= 11 is 5.80. The van der Waals surface area contributed by atoms with Gasteiger partial charge in [0.25, 0.3) is 0 Å². The van der Waals surface area contributed by atoms with Crippen LogP contribution in [0.1, 0.15) is 15.9 Å². The number of nitrogens with two attached hydrogens (primary N) is 1. The van der Waals surface area contributed by atoms with E-state index in [0.717, 1.165) is 5.56 Å². The van der Waals surface area contributed by atoms with Crippen molar-refractivity contribution in [3.05, 3.63) is 46.7 Å². The third-order valence-corrected chi connectivity index (χ3v) is 2.79. The highest BCUT2D eigenvalue weighted by Gasteiger charge is 2.09. The molecule has 1 aromatic carbocycles. The molecular weight excluding hydrogens is 238 g/mol. The number of halogens is 1. The summed E-state index contributed by atoms with van der Waals surface area (Å²) in [7, 11) is 1.81. The molecule has 0 aliphatic heterocycles. The van der Waals surface area contributed by atoms with Crippen molar-refractivity contribution in [1.29, 1.82) is 0 Å². The van der Waals surface area contributed by atoms with Crippen molar-refractivity contribution in [3.8, 4) is 0 Å². The maximum absolute atomic E-state index is 12.0. The number of anilines is 1. The Morgan fingerprint density at radius 2 is 2.29 bits per heavy atom. The van der Waals surface area contributed by atoms with Crippen LogP contribution in [0.2, 0.25) is 5.02 Å². The molecule has 0 atom stereocenters. The van der Waals surface area contributed by atoms with Crippen LogP contribution < -0.4 is 5.73 Å². The topological polar surface area (TPSA) is 60.9 Å². The van der Waals surface area contributed by atoms with Gasteiger partial charge in [-0.05, 0) is 23.8 Å². The lowest BCUT2D eigenvalue weighted by molar-refractivity contribution is 0.0993. The fourth-order valence-electron chi connectivity index (χ4n) is 1.57. The van der Waals surface area contributed by atoms with Gasteiger partial charge in [0.15, 0.2) is 5.78 Å². The third-order valence-electron chi connectivity index (χ3n) is 2.44. The lowest BCUT2D eigenvalue weighted by Crippen LogP contribution is -2.03. The molecule has 2 rings (SSSR count). The number of carbonyl (C=O) groups is 1. The van der Waals surface area contributed by atoms with Crippen molar-refractivity contribution in [3.63, 3.8) is 0 Å². The van der Waals surface area contributed by atoms with Gasteiger partial charge in [-0.25, -0.2) is 0 Å². The maximum Gasteiger partial charge on any atom is 0.167 e. The number of carbonyl (C=O) groups excluding carboxylic acids is 1. The van der Waals surface area contributed by atoms with Gasteiger partial charge in [-0.3, -0.25) is 9.48 Å². The quantitative estimate of drug-likeness (QED) is 0.669. The fraction of sp³-hybridized carbons (Fsp3) is 0.167. The first-order valence-electron chi connectivity index (χ1n) is 5.12.